The summed E-state index contributed by atoms with van der Waals surface area (Å²) in [6, 6.07) is 9.52. The first kappa shape index (κ1) is 13.4. The molecule has 1 aromatic carbocycles. The van der Waals surface area contributed by atoms with E-state index in [-0.39, 0.29) is 10.9 Å². The normalized spacial score (nSPS) is 13.7. The lowest BCUT2D eigenvalue weighted by Gasteiger charge is -2.13. The van der Waals surface area contributed by atoms with Gasteiger partial charge in [0.2, 0.25) is 0 Å². The first-order valence-corrected chi connectivity index (χ1v) is 7.47. The van der Waals surface area contributed by atoms with Gasteiger partial charge in [0.15, 0.2) is 5.69 Å². The molecule has 0 aliphatic rings. The number of fused-ring (bicyclic) bond motifs is 1. The molecular weight excluding hydrogens is 260 g/mol. The number of anilines is 1. The minimum atomic E-state index is -0.908. The van der Waals surface area contributed by atoms with E-state index in [0.717, 1.165) is 10.9 Å². The maximum Gasteiger partial charge on any atom is 0.186 e. The largest absolute Gasteiger partial charge is 0.381 e. The smallest absolute Gasteiger partial charge is 0.186 e. The molecule has 2 atom stereocenters. The van der Waals surface area contributed by atoms with E-state index in [0.29, 0.717) is 12.2 Å². The summed E-state index contributed by atoms with van der Waals surface area (Å²) in [6.07, 6.45) is 1.67. The Hall–Kier alpha value is -2.00. The lowest BCUT2D eigenvalue weighted by atomic mass is 10.1. The van der Waals surface area contributed by atoms with Crippen molar-refractivity contribution in [2.24, 2.45) is 0 Å². The van der Waals surface area contributed by atoms with Crippen molar-refractivity contribution in [1.82, 2.24) is 10.2 Å². The van der Waals surface area contributed by atoms with Crippen molar-refractivity contribution in [2.75, 3.05) is 18.1 Å². The van der Waals surface area contributed by atoms with E-state index in [1.165, 1.54) is 0 Å². The van der Waals surface area contributed by atoms with Crippen LogP contribution in [0.4, 0.5) is 5.69 Å². The van der Waals surface area contributed by atoms with Crippen molar-refractivity contribution in [1.29, 1.82) is 5.26 Å². The van der Waals surface area contributed by atoms with Gasteiger partial charge in [-0.25, -0.2) is 0 Å². The van der Waals surface area contributed by atoms with Crippen molar-refractivity contribution in [3.8, 4) is 6.07 Å². The van der Waals surface area contributed by atoms with Gasteiger partial charge in [-0.05, 0) is 13.0 Å². The van der Waals surface area contributed by atoms with Gasteiger partial charge < -0.3 is 5.32 Å². The molecule has 0 bridgehead atoms. The van der Waals surface area contributed by atoms with E-state index in [4.69, 9.17) is 5.26 Å². The van der Waals surface area contributed by atoms with Crippen LogP contribution in [-0.2, 0) is 10.8 Å². The molecule has 0 saturated heterocycles. The summed E-state index contributed by atoms with van der Waals surface area (Å²) in [7, 11) is -0.908. The molecule has 2 unspecified atom stereocenters. The lowest BCUT2D eigenvalue weighted by Crippen LogP contribution is -2.21. The fourth-order valence-electron chi connectivity index (χ4n) is 1.67. The predicted octanol–water partition coefficient (Wildman–Crippen LogP) is 1.68. The molecule has 0 radical (unpaired) electrons. The first-order chi connectivity index (χ1) is 9.13. The monoisotopic (exact) mass is 274 g/mol. The van der Waals surface area contributed by atoms with E-state index in [1.807, 2.05) is 37.3 Å². The maximum absolute atomic E-state index is 11.4. The SMILES string of the molecule is CC(CNc1c(C#N)nnc2ccccc12)S(C)=O. The molecule has 6 heteroatoms. The van der Waals surface area contributed by atoms with Gasteiger partial charge in [-0.15, -0.1) is 10.2 Å². The van der Waals surface area contributed by atoms with E-state index < -0.39 is 10.8 Å². The highest BCUT2D eigenvalue weighted by atomic mass is 32.2. The highest BCUT2D eigenvalue weighted by molar-refractivity contribution is 7.84. The van der Waals surface area contributed by atoms with Crippen LogP contribution in [-0.4, -0.2) is 32.5 Å². The van der Waals surface area contributed by atoms with Crippen LogP contribution < -0.4 is 5.32 Å². The Balaban J connectivity index is 2.40. The summed E-state index contributed by atoms with van der Waals surface area (Å²) in [5.41, 5.74) is 1.65. The highest BCUT2D eigenvalue weighted by Gasteiger charge is 2.12. The van der Waals surface area contributed by atoms with Crippen molar-refractivity contribution >= 4 is 27.4 Å². The van der Waals surface area contributed by atoms with Gasteiger partial charge >= 0.3 is 0 Å². The molecule has 0 aliphatic carbocycles. The fraction of sp³-hybridized carbons (Fsp3) is 0.308. The van der Waals surface area contributed by atoms with Crippen LogP contribution in [0.2, 0.25) is 0 Å². The highest BCUT2D eigenvalue weighted by Crippen LogP contribution is 2.23. The maximum atomic E-state index is 11.4. The van der Waals surface area contributed by atoms with Gasteiger partial charge in [-0.1, -0.05) is 18.2 Å². The molecule has 19 heavy (non-hydrogen) atoms. The summed E-state index contributed by atoms with van der Waals surface area (Å²) in [4.78, 5) is 0. The molecule has 0 spiro atoms. The van der Waals surface area contributed by atoms with E-state index in [1.54, 1.807) is 6.26 Å². The van der Waals surface area contributed by atoms with Crippen molar-refractivity contribution < 1.29 is 4.21 Å². The molecule has 2 aromatic rings. The molecule has 0 saturated carbocycles. The third-order valence-corrected chi connectivity index (χ3v) is 4.21. The molecule has 5 nitrogen and oxygen atoms in total. The van der Waals surface area contributed by atoms with Gasteiger partial charge in [0, 0.05) is 34.2 Å². The molecule has 1 heterocycles. The number of hydrogen-bond acceptors (Lipinski definition) is 5. The number of nitrogens with one attached hydrogen (secondary N) is 1. The second-order valence-corrected chi connectivity index (χ2v) is 6.04. The Labute approximate surface area is 114 Å². The van der Waals surface area contributed by atoms with E-state index in [9.17, 15) is 4.21 Å². The van der Waals surface area contributed by atoms with Crippen molar-refractivity contribution in [2.45, 2.75) is 12.2 Å². The van der Waals surface area contributed by atoms with Crippen molar-refractivity contribution in [3.05, 3.63) is 30.0 Å². The van der Waals surface area contributed by atoms with Crippen LogP contribution in [0.3, 0.4) is 0 Å². The Bertz CT molecular complexity index is 665. The third-order valence-electron chi connectivity index (χ3n) is 2.91. The van der Waals surface area contributed by atoms with Crippen LogP contribution in [0.25, 0.3) is 10.9 Å². The number of rotatable bonds is 4. The van der Waals surface area contributed by atoms with Crippen LogP contribution in [0, 0.1) is 11.3 Å². The molecule has 98 valence electrons. The van der Waals surface area contributed by atoms with Gasteiger partial charge in [-0.2, -0.15) is 5.26 Å². The predicted molar refractivity (Wildman–Crippen MR) is 76.3 cm³/mol. The number of aromatic nitrogens is 2. The number of hydrogen-bond donors (Lipinski definition) is 1. The molecule has 2 rings (SSSR count). The van der Waals surface area contributed by atoms with Crippen LogP contribution in [0.5, 0.6) is 0 Å². The molecule has 1 aromatic heterocycles. The van der Waals surface area contributed by atoms with E-state index in [2.05, 4.69) is 15.5 Å². The molecule has 1 N–H and O–H groups in total. The molecular formula is C13H14N4OS. The second kappa shape index (κ2) is 5.76. The molecule has 0 amide bonds. The van der Waals surface area contributed by atoms with E-state index >= 15 is 0 Å². The number of nitriles is 1. The minimum Gasteiger partial charge on any atom is -0.381 e. The zero-order valence-corrected chi connectivity index (χ0v) is 11.6. The summed E-state index contributed by atoms with van der Waals surface area (Å²) < 4.78 is 11.4. The zero-order chi connectivity index (χ0) is 13.8. The van der Waals surface area contributed by atoms with Crippen LogP contribution in [0.15, 0.2) is 24.3 Å². The average Bonchev–Trinajstić information content (AvgIpc) is 2.43. The first-order valence-electron chi connectivity index (χ1n) is 5.85. The standard InChI is InChI=1S/C13H14N4OS/c1-9(19(2)18)8-15-13-10-5-3-4-6-11(10)16-17-12(13)7-14/h3-6,9H,8H2,1-2H3,(H,15,16). The molecule has 0 fully saturated rings. The third kappa shape index (κ3) is 2.88. The topological polar surface area (TPSA) is 78.7 Å². The minimum absolute atomic E-state index is 0.00142. The Kier molecular flexibility index (Phi) is 4.07. The van der Waals surface area contributed by atoms with Gasteiger partial charge in [-0.3, -0.25) is 4.21 Å². The average molecular weight is 274 g/mol. The van der Waals surface area contributed by atoms with Gasteiger partial charge in [0.1, 0.15) is 6.07 Å². The Morgan fingerprint density at radius 2 is 2.16 bits per heavy atom. The quantitative estimate of drug-likeness (QED) is 0.917. The summed E-state index contributed by atoms with van der Waals surface area (Å²) in [5.74, 6) is 0. The van der Waals surface area contributed by atoms with Gasteiger partial charge in [0.25, 0.3) is 0 Å². The summed E-state index contributed by atoms with van der Waals surface area (Å²) >= 11 is 0. The summed E-state index contributed by atoms with van der Waals surface area (Å²) in [6.45, 7) is 2.42. The number of benzene rings is 1. The van der Waals surface area contributed by atoms with Crippen LogP contribution in [0.1, 0.15) is 12.6 Å². The lowest BCUT2D eigenvalue weighted by molar-refractivity contribution is 0.679. The van der Waals surface area contributed by atoms with Crippen LogP contribution >= 0.6 is 0 Å². The second-order valence-electron chi connectivity index (χ2n) is 4.24. The summed E-state index contributed by atoms with van der Waals surface area (Å²) in [5, 5.41) is 21.0. The van der Waals surface area contributed by atoms with Crippen molar-refractivity contribution in [3.63, 3.8) is 0 Å². The molecule has 0 aliphatic heterocycles. The Morgan fingerprint density at radius 1 is 1.42 bits per heavy atom. The van der Waals surface area contributed by atoms with Gasteiger partial charge in [0.05, 0.1) is 11.2 Å². The number of nitrogens with zero attached hydrogens (tertiary/aromatic N) is 3. The fourth-order valence-corrected chi connectivity index (χ4v) is 1.99. The Morgan fingerprint density at radius 3 is 2.84 bits per heavy atom. The zero-order valence-electron chi connectivity index (χ0n) is 10.8.